The molecule has 0 aromatic carbocycles. The largest absolute Gasteiger partial charge is 0.695 e. The number of hydrogen-bond donors (Lipinski definition) is 5. The summed E-state index contributed by atoms with van der Waals surface area (Å²) in [6, 6.07) is 1.53. The molecule has 2 fully saturated rings. The number of amides is 1. The maximum atomic E-state index is 14.4. The maximum absolute atomic E-state index is 14.4. The number of aromatic nitrogens is 6. The molecule has 318 valence electrons. The second-order valence-electron chi connectivity index (χ2n) is 15.7. The van der Waals surface area contributed by atoms with Gasteiger partial charge in [0, 0.05) is 22.4 Å². The van der Waals surface area contributed by atoms with Crippen LogP contribution in [0.1, 0.15) is 60.1 Å². The third kappa shape index (κ3) is 10.9. The second kappa shape index (κ2) is 19.0. The van der Waals surface area contributed by atoms with Crippen LogP contribution in [0.5, 0.6) is 0 Å². The predicted octanol–water partition coefficient (Wildman–Crippen LogP) is 4.41. The third-order valence-electron chi connectivity index (χ3n) is 10.2. The first-order chi connectivity index (χ1) is 27.3. The molecule has 2 unspecified atom stereocenters. The second-order valence-corrected chi connectivity index (χ2v) is 24.1. The zero-order valence-electron chi connectivity index (χ0n) is 33.0. The molecule has 9 atom stereocenters. The first-order valence-electron chi connectivity index (χ1n) is 18.5. The van der Waals surface area contributed by atoms with Gasteiger partial charge < -0.3 is 28.6 Å². The monoisotopic (exact) mass is 888 g/mol. The average Bonchev–Trinajstić information content (AvgIpc) is 3.82. The molecule has 4 heterocycles. The van der Waals surface area contributed by atoms with Gasteiger partial charge in [-0.25, -0.2) is 19.3 Å². The Balaban J connectivity index is 1.52. The summed E-state index contributed by atoms with van der Waals surface area (Å²) in [6.45, 7) is 8.57. The molecule has 1 saturated carbocycles. The number of aliphatic hydroxyl groups excluding tert-OH is 1. The van der Waals surface area contributed by atoms with E-state index in [0.717, 1.165) is 6.20 Å². The van der Waals surface area contributed by atoms with Crippen molar-refractivity contribution in [2.75, 3.05) is 30.5 Å². The Morgan fingerprint density at radius 3 is 2.66 bits per heavy atom. The van der Waals surface area contributed by atoms with E-state index in [0.29, 0.717) is 0 Å². The molecule has 5 N–H and O–H groups in total. The molecule has 3 aromatic heterocycles. The first-order valence-corrected chi connectivity index (χ1v) is 25.1. The molecule has 5 rings (SSSR count). The minimum Gasteiger partial charge on any atom is -0.408 e. The van der Waals surface area contributed by atoms with E-state index in [-0.39, 0.29) is 60.4 Å². The lowest BCUT2D eigenvalue weighted by Crippen LogP contribution is -2.50. The molecule has 0 radical (unpaired) electrons. The quantitative estimate of drug-likeness (QED) is 0.0673. The molecule has 1 saturated heterocycles. The Bertz CT molecular complexity index is 2100. The number of rotatable bonds is 18. The van der Waals surface area contributed by atoms with Crippen LogP contribution in [0.3, 0.4) is 0 Å². The number of anilines is 2. The lowest BCUT2D eigenvalue weighted by Gasteiger charge is -2.41. The lowest BCUT2D eigenvalue weighted by atomic mass is 10.1. The Kier molecular flexibility index (Phi) is 15.0. The molecule has 0 bridgehead atoms. The Labute approximate surface area is 340 Å². The van der Waals surface area contributed by atoms with E-state index >= 15 is 0 Å². The van der Waals surface area contributed by atoms with E-state index in [1.807, 2.05) is 39.9 Å². The van der Waals surface area contributed by atoms with Crippen LogP contribution in [0.15, 0.2) is 23.6 Å². The highest BCUT2D eigenvalue weighted by Gasteiger charge is 2.54. The summed E-state index contributed by atoms with van der Waals surface area (Å²) < 4.78 is 65.4. The minimum atomic E-state index is -3.95. The van der Waals surface area contributed by atoms with E-state index in [4.69, 9.17) is 39.1 Å². The van der Waals surface area contributed by atoms with Crippen molar-refractivity contribution in [1.29, 1.82) is 5.26 Å². The molecule has 58 heavy (non-hydrogen) atoms. The third-order valence-corrected chi connectivity index (χ3v) is 17.5. The van der Waals surface area contributed by atoms with Gasteiger partial charge in [0.05, 0.1) is 44.8 Å². The molecule has 2 aliphatic rings. The van der Waals surface area contributed by atoms with E-state index in [2.05, 4.69) is 35.6 Å². The number of H-pyrrole nitrogens is 1. The van der Waals surface area contributed by atoms with Crippen LogP contribution in [0.2, 0.25) is 18.1 Å². The molecule has 3 aromatic rings. The van der Waals surface area contributed by atoms with E-state index < -0.39 is 95.7 Å². The number of fused-ring (bicyclic) bond motifs is 1. The van der Waals surface area contributed by atoms with Crippen molar-refractivity contribution in [3.63, 3.8) is 0 Å². The van der Waals surface area contributed by atoms with Crippen molar-refractivity contribution in [3.05, 3.63) is 35.0 Å². The van der Waals surface area contributed by atoms with Crippen LogP contribution >= 0.6 is 15.0 Å². The summed E-state index contributed by atoms with van der Waals surface area (Å²) in [5, 5.41) is 25.3. The van der Waals surface area contributed by atoms with E-state index in [1.54, 1.807) is 13.8 Å². The number of aromatic amines is 1. The first kappa shape index (κ1) is 45.8. The molecule has 1 amide bonds. The topological polar surface area (TPSA) is 267 Å². The van der Waals surface area contributed by atoms with Gasteiger partial charge in [-0.05, 0) is 42.8 Å². The smallest absolute Gasteiger partial charge is 0.408 e. The molecular weight excluding hydrogens is 840 g/mol. The lowest BCUT2D eigenvalue weighted by molar-refractivity contribution is -0.118. The summed E-state index contributed by atoms with van der Waals surface area (Å²) in [4.78, 5) is 54.2. The van der Waals surface area contributed by atoms with Crippen LogP contribution in [-0.2, 0) is 48.4 Å². The van der Waals surface area contributed by atoms with Crippen molar-refractivity contribution < 1.29 is 51.0 Å². The van der Waals surface area contributed by atoms with Gasteiger partial charge in [0.1, 0.15) is 30.7 Å². The van der Waals surface area contributed by atoms with Crippen LogP contribution in [0.25, 0.3) is 11.2 Å². The number of aliphatic hydroxyl groups is 1. The van der Waals surface area contributed by atoms with E-state index in [1.165, 1.54) is 17.2 Å². The van der Waals surface area contributed by atoms with Gasteiger partial charge in [-0.2, -0.15) is 10.2 Å². The van der Waals surface area contributed by atoms with Crippen molar-refractivity contribution in [1.82, 2.24) is 29.5 Å². The number of nitrogens with one attached hydrogen (secondary N) is 3. The molecule has 1 aliphatic carbocycles. The van der Waals surface area contributed by atoms with Gasteiger partial charge in [-0.1, -0.05) is 34.6 Å². The fourth-order valence-corrected chi connectivity index (χ4v) is 10.1. The van der Waals surface area contributed by atoms with Crippen molar-refractivity contribution in [2.45, 2.75) is 109 Å². The van der Waals surface area contributed by atoms with Crippen molar-refractivity contribution in [3.8, 4) is 6.07 Å². The van der Waals surface area contributed by atoms with Gasteiger partial charge in [0.15, 0.2) is 37.3 Å². The van der Waals surface area contributed by atoms with Crippen LogP contribution < -0.4 is 16.2 Å². The Morgan fingerprint density at radius 2 is 2.02 bits per heavy atom. The van der Waals surface area contributed by atoms with Gasteiger partial charge >= 0.3 is 15.0 Å². The normalized spacial score (nSPS) is 25.1. The van der Waals surface area contributed by atoms with Crippen LogP contribution in [-0.4, -0.2) is 104 Å². The van der Waals surface area contributed by atoms with Crippen LogP contribution in [0.4, 0.5) is 16.2 Å². The number of imidazole rings is 1. The SMILES string of the molecule is CC(C)C(=O)Nc1nc2c(ncn2[C@@H]2O[C@H](CO)[C@@H](O[Si](C)(C)C(C)(C)C)[C@@H]2OP(=S)(OCCC#N)OC[C@H]2C[C@@H](Nc3ncncc3F)C[C@@H]2O[P+](=O)O)c(=O)[nH]1. The number of nitriles is 1. The maximum Gasteiger partial charge on any atom is 0.695 e. The zero-order chi connectivity index (χ0) is 42.6. The average molecular weight is 889 g/mol. The van der Waals surface area contributed by atoms with Gasteiger partial charge in [0.25, 0.3) is 5.56 Å². The Hall–Kier alpha value is -3.23. The predicted molar refractivity (Wildman–Crippen MR) is 213 cm³/mol. The highest BCUT2D eigenvalue weighted by atomic mass is 32.5. The highest BCUT2D eigenvalue weighted by molar-refractivity contribution is 8.07. The number of halogens is 1. The molecule has 1 aliphatic heterocycles. The standard InChI is InChI=1S/C33H48FN9O11P2SSi/c1-18(2)29(45)41-32-40-28-24(30(46)42-32)38-17-43(28)31-26(25(23(14-44)51-31)54-58(6,7)33(3,4)5)53-56(57,49-10-8-9-35)50-15-19-11-20(12-22(19)52-55(47)48)39-27-21(34)13-36-16-37-27/h13,16-20,22-23,25-26,31,44H,8,10-12,14-15H2,1-7H3,(H3-,36,37,39,40,41,42,45,46,47,48)/p+1/t19-,20-,22+,23-,25-,26+,31-,56?/m1/s1. The summed E-state index contributed by atoms with van der Waals surface area (Å²) in [6.07, 6.45) is -1.45. The summed E-state index contributed by atoms with van der Waals surface area (Å²) in [5.41, 5.74) is -0.722. The number of carbonyl (C=O) groups is 1. The zero-order valence-corrected chi connectivity index (χ0v) is 36.6. The number of nitrogens with zero attached hydrogens (tertiary/aromatic N) is 6. The molecule has 25 heteroatoms. The fraction of sp³-hybridized carbons (Fsp3) is 0.667. The summed E-state index contributed by atoms with van der Waals surface area (Å²) in [5.74, 6) is -2.29. The highest BCUT2D eigenvalue weighted by Crippen LogP contribution is 2.56. The molecular formula is C33H49FN9O11P2SSi+. The van der Waals surface area contributed by atoms with Crippen molar-refractivity contribution in [2.24, 2.45) is 11.8 Å². The van der Waals surface area contributed by atoms with Crippen molar-refractivity contribution >= 4 is 63.9 Å². The minimum absolute atomic E-state index is 0.00779. The summed E-state index contributed by atoms with van der Waals surface area (Å²) in [7, 11) is -5.71. The fourth-order valence-electron chi connectivity index (χ4n) is 6.16. The summed E-state index contributed by atoms with van der Waals surface area (Å²) >= 11 is 6.00. The Morgan fingerprint density at radius 1 is 1.28 bits per heavy atom. The number of ether oxygens (including phenoxy) is 1. The van der Waals surface area contributed by atoms with Gasteiger partial charge in [-0.3, -0.25) is 29.0 Å². The molecule has 20 nitrogen and oxygen atoms in total. The molecule has 0 spiro atoms. The number of carbonyl (C=O) groups excluding carboxylic acids is 1. The van der Waals surface area contributed by atoms with Crippen LogP contribution in [0, 0.1) is 29.0 Å². The van der Waals surface area contributed by atoms with E-state index in [9.17, 15) is 33.8 Å². The number of hydrogen-bond acceptors (Lipinski definition) is 17. The van der Waals surface area contributed by atoms with Gasteiger partial charge in [0.2, 0.25) is 11.9 Å². The van der Waals surface area contributed by atoms with Gasteiger partial charge in [-0.15, -0.1) is 9.42 Å².